The second kappa shape index (κ2) is 12.3. The largest absolute Gasteiger partial charge is 0.0619 e. The Balaban J connectivity index is 1.13. The van der Waals surface area contributed by atoms with Gasteiger partial charge in [0.15, 0.2) is 0 Å². The average Bonchev–Trinajstić information content (AvgIpc) is 3.73. The molecule has 0 saturated heterocycles. The number of benzene rings is 9. The number of fused-ring (bicyclic) bond motifs is 11. The molecule has 0 N–H and O–H groups in total. The second-order valence-corrected chi connectivity index (χ2v) is 19.9. The van der Waals surface area contributed by atoms with Gasteiger partial charge in [-0.3, -0.25) is 0 Å². The summed E-state index contributed by atoms with van der Waals surface area (Å²) >= 11 is 0. The molecule has 0 saturated carbocycles. The third-order valence-electron chi connectivity index (χ3n) is 15.2. The van der Waals surface area contributed by atoms with Crippen LogP contribution in [0, 0.1) is 13.8 Å². The summed E-state index contributed by atoms with van der Waals surface area (Å²) in [5, 5.41) is 5.27. The van der Waals surface area contributed by atoms with Gasteiger partial charge in [0.25, 0.3) is 0 Å². The normalized spacial score (nSPS) is 15.6. The zero-order chi connectivity index (χ0) is 41.7. The van der Waals surface area contributed by atoms with E-state index in [0.717, 1.165) is 0 Å². The van der Waals surface area contributed by atoms with E-state index in [9.17, 15) is 0 Å². The Morgan fingerprint density at radius 3 is 1.02 bits per heavy atom. The topological polar surface area (TPSA) is 0 Å². The minimum atomic E-state index is -0.202. The van der Waals surface area contributed by atoms with E-state index in [1.54, 1.807) is 0 Å². The van der Waals surface area contributed by atoms with Crippen molar-refractivity contribution in [1.82, 2.24) is 0 Å². The molecule has 0 heteroatoms. The number of hydrogen-bond donors (Lipinski definition) is 0. The first-order chi connectivity index (χ1) is 29.3. The molecule has 61 heavy (non-hydrogen) atoms. The van der Waals surface area contributed by atoms with Crippen LogP contribution in [0.1, 0.15) is 86.1 Å². The minimum absolute atomic E-state index is 0.0403. The Kier molecular flexibility index (Phi) is 7.33. The predicted molar refractivity (Wildman–Crippen MR) is 260 cm³/mol. The summed E-state index contributed by atoms with van der Waals surface area (Å²) in [6, 6.07) is 61.2. The van der Waals surface area contributed by atoms with E-state index in [0.29, 0.717) is 0 Å². The van der Waals surface area contributed by atoms with Crippen molar-refractivity contribution < 1.29 is 0 Å². The highest BCUT2D eigenvalue weighted by molar-refractivity contribution is 6.23. The molecule has 12 rings (SSSR count). The molecule has 0 bridgehead atoms. The van der Waals surface area contributed by atoms with Gasteiger partial charge in [-0.25, -0.2) is 0 Å². The average molecular weight is 783 g/mol. The van der Waals surface area contributed by atoms with Crippen LogP contribution in [0.25, 0.3) is 88.3 Å². The Bertz CT molecular complexity index is 3370. The second-order valence-electron chi connectivity index (χ2n) is 19.9. The summed E-state index contributed by atoms with van der Waals surface area (Å²) in [5.74, 6) is 0. The third-order valence-corrected chi connectivity index (χ3v) is 15.2. The monoisotopic (exact) mass is 782 g/mol. The van der Waals surface area contributed by atoms with Crippen molar-refractivity contribution in [3.8, 4) is 66.8 Å². The highest BCUT2D eigenvalue weighted by atomic mass is 14.4. The predicted octanol–water partition coefficient (Wildman–Crippen LogP) is 16.5. The summed E-state index contributed by atoms with van der Waals surface area (Å²) in [6.45, 7) is 18.8. The van der Waals surface area contributed by atoms with Crippen molar-refractivity contribution >= 4 is 21.5 Å². The van der Waals surface area contributed by atoms with Gasteiger partial charge in [-0.1, -0.05) is 174 Å². The summed E-state index contributed by atoms with van der Waals surface area (Å²) in [5.41, 5.74) is 26.5. The molecule has 0 heterocycles. The fraction of sp³-hybridized carbons (Fsp3) is 0.180. The van der Waals surface area contributed by atoms with Gasteiger partial charge in [-0.2, -0.15) is 0 Å². The van der Waals surface area contributed by atoms with E-state index in [4.69, 9.17) is 0 Å². The number of aryl methyl sites for hydroxylation is 2. The van der Waals surface area contributed by atoms with Crippen molar-refractivity contribution in [2.75, 3.05) is 0 Å². The first kappa shape index (κ1) is 36.4. The number of rotatable bonds is 3. The van der Waals surface area contributed by atoms with Gasteiger partial charge < -0.3 is 0 Å². The van der Waals surface area contributed by atoms with Crippen molar-refractivity contribution in [1.29, 1.82) is 0 Å². The van der Waals surface area contributed by atoms with Crippen LogP contribution in [-0.4, -0.2) is 0 Å². The maximum absolute atomic E-state index is 2.58. The molecule has 0 unspecified atom stereocenters. The highest BCUT2D eigenvalue weighted by Gasteiger charge is 2.40. The summed E-state index contributed by atoms with van der Waals surface area (Å²) < 4.78 is 0. The lowest BCUT2D eigenvalue weighted by Crippen LogP contribution is -2.15. The number of hydrogen-bond acceptors (Lipinski definition) is 0. The van der Waals surface area contributed by atoms with Gasteiger partial charge in [0, 0.05) is 16.2 Å². The molecule has 0 aliphatic heterocycles. The molecule has 0 nitrogen and oxygen atoms in total. The standard InChI is InChI=1S/C61H50/c1-35-17-21-37(22-18-35)57-47-31-45-42-14-10-12-16-52(42)60(5,6)55(45)33-49(47)58(38-23-19-36(2)20-24-38)50-34-56-46(32-48(50)57)44-28-26-40(30-54(44)61(56,7)8)39-25-27-43-41-13-9-11-15-51(41)59(3,4)53(43)29-39/h9-34H,1-8H3. The van der Waals surface area contributed by atoms with Gasteiger partial charge in [0.2, 0.25) is 0 Å². The van der Waals surface area contributed by atoms with Crippen LogP contribution in [0.2, 0.25) is 0 Å². The molecule has 0 atom stereocenters. The van der Waals surface area contributed by atoms with Crippen molar-refractivity contribution in [2.45, 2.75) is 71.6 Å². The zero-order valence-corrected chi connectivity index (χ0v) is 36.5. The van der Waals surface area contributed by atoms with E-state index < -0.39 is 0 Å². The zero-order valence-electron chi connectivity index (χ0n) is 36.5. The first-order valence-electron chi connectivity index (χ1n) is 22.1. The molecule has 9 aromatic carbocycles. The molecule has 9 aromatic rings. The van der Waals surface area contributed by atoms with E-state index in [1.165, 1.54) is 133 Å². The first-order valence-corrected chi connectivity index (χ1v) is 22.1. The maximum atomic E-state index is 2.58. The van der Waals surface area contributed by atoms with Gasteiger partial charge in [-0.05, 0) is 172 Å². The van der Waals surface area contributed by atoms with Crippen LogP contribution in [0.15, 0.2) is 158 Å². The lowest BCUT2D eigenvalue weighted by Gasteiger charge is -2.25. The van der Waals surface area contributed by atoms with Gasteiger partial charge in [0.1, 0.15) is 0 Å². The molecule has 3 aliphatic carbocycles. The van der Waals surface area contributed by atoms with Crippen LogP contribution >= 0.6 is 0 Å². The van der Waals surface area contributed by atoms with E-state index in [1.807, 2.05) is 0 Å². The summed E-state index contributed by atoms with van der Waals surface area (Å²) in [4.78, 5) is 0. The van der Waals surface area contributed by atoms with Crippen LogP contribution in [0.4, 0.5) is 0 Å². The van der Waals surface area contributed by atoms with E-state index in [2.05, 4.69) is 213 Å². The molecule has 0 amide bonds. The Labute approximate surface area is 360 Å². The maximum Gasteiger partial charge on any atom is 0.0159 e. The van der Waals surface area contributed by atoms with E-state index >= 15 is 0 Å². The van der Waals surface area contributed by atoms with Crippen LogP contribution in [0.3, 0.4) is 0 Å². The molecule has 0 fully saturated rings. The molecule has 0 spiro atoms. The molecule has 0 radical (unpaired) electrons. The van der Waals surface area contributed by atoms with Crippen molar-refractivity contribution in [2.24, 2.45) is 0 Å². The smallest absolute Gasteiger partial charge is 0.0159 e. The fourth-order valence-corrected chi connectivity index (χ4v) is 11.8. The molecule has 294 valence electrons. The van der Waals surface area contributed by atoms with Crippen molar-refractivity contribution in [3.05, 3.63) is 202 Å². The Hall–Kier alpha value is -6.50. The van der Waals surface area contributed by atoms with Crippen LogP contribution < -0.4 is 0 Å². The Morgan fingerprint density at radius 1 is 0.262 bits per heavy atom. The minimum Gasteiger partial charge on any atom is -0.0619 e. The SMILES string of the molecule is Cc1ccc(-c2c3cc4c(cc3c(-c3ccc(C)cc3)c3cc5c(cc23)-c2ccc(-c3ccc6c(c3)C(C)(C)c3ccccc3-6)cc2C5(C)C)C(C)(C)c2ccccc2-4)cc1. The fourth-order valence-electron chi connectivity index (χ4n) is 11.8. The molecule has 0 aromatic heterocycles. The quantitative estimate of drug-likeness (QED) is 0.157. The Morgan fingerprint density at radius 2 is 0.574 bits per heavy atom. The molecule has 3 aliphatic rings. The van der Waals surface area contributed by atoms with Gasteiger partial charge >= 0.3 is 0 Å². The molecular formula is C61H50. The van der Waals surface area contributed by atoms with Crippen molar-refractivity contribution in [3.63, 3.8) is 0 Å². The van der Waals surface area contributed by atoms with Crippen LogP contribution in [-0.2, 0) is 16.2 Å². The molecular weight excluding hydrogens is 733 g/mol. The summed E-state index contributed by atoms with van der Waals surface area (Å²) in [6.07, 6.45) is 0. The third kappa shape index (κ3) is 4.94. The highest BCUT2D eigenvalue weighted by Crippen LogP contribution is 2.57. The summed E-state index contributed by atoms with van der Waals surface area (Å²) in [7, 11) is 0. The van der Waals surface area contributed by atoms with Gasteiger partial charge in [0.05, 0.1) is 0 Å². The van der Waals surface area contributed by atoms with Gasteiger partial charge in [-0.15, -0.1) is 0 Å². The lowest BCUT2D eigenvalue weighted by molar-refractivity contribution is 0.660. The van der Waals surface area contributed by atoms with Crippen LogP contribution in [0.5, 0.6) is 0 Å². The lowest BCUT2D eigenvalue weighted by atomic mass is 9.77. The van der Waals surface area contributed by atoms with E-state index in [-0.39, 0.29) is 16.2 Å².